The van der Waals surface area contributed by atoms with Crippen molar-refractivity contribution in [1.82, 2.24) is 0 Å². The minimum atomic E-state index is -0.609. The Bertz CT molecular complexity index is 1320. The summed E-state index contributed by atoms with van der Waals surface area (Å²) in [5.74, 6) is 2.06. The molecule has 1 amide bonds. The number of amides is 1. The third kappa shape index (κ3) is 6.40. The maximum absolute atomic E-state index is 12.7. The number of anilines is 1. The molecule has 3 aromatic carbocycles. The monoisotopic (exact) mass is 508 g/mol. The predicted octanol–water partition coefficient (Wildman–Crippen LogP) is 5.50. The molecule has 8 nitrogen and oxygen atoms in total. The van der Waals surface area contributed by atoms with Crippen molar-refractivity contribution in [2.75, 3.05) is 33.8 Å². The van der Waals surface area contributed by atoms with Gasteiger partial charge in [0.1, 0.15) is 35.5 Å². The van der Waals surface area contributed by atoms with Crippen LogP contribution in [0.4, 0.5) is 5.69 Å². The van der Waals surface area contributed by atoms with Crippen molar-refractivity contribution in [2.45, 2.75) is 6.61 Å². The van der Waals surface area contributed by atoms with Crippen LogP contribution in [0, 0.1) is 11.3 Å². The van der Waals surface area contributed by atoms with E-state index in [1.165, 1.54) is 20.3 Å². The first-order valence-electron chi connectivity index (χ1n) is 10.7. The van der Waals surface area contributed by atoms with Gasteiger partial charge >= 0.3 is 0 Å². The summed E-state index contributed by atoms with van der Waals surface area (Å²) >= 11 is 6.02. The second-order valence-corrected chi connectivity index (χ2v) is 7.78. The highest BCUT2D eigenvalue weighted by molar-refractivity contribution is 6.31. The summed E-state index contributed by atoms with van der Waals surface area (Å²) in [6.07, 6.45) is 1.45. The van der Waals surface area contributed by atoms with E-state index in [1.807, 2.05) is 12.1 Å². The number of halogens is 1. The smallest absolute Gasteiger partial charge is 0.266 e. The third-order valence-electron chi connectivity index (χ3n) is 5.14. The van der Waals surface area contributed by atoms with Gasteiger partial charge in [0.25, 0.3) is 5.91 Å². The van der Waals surface area contributed by atoms with Gasteiger partial charge in [0, 0.05) is 10.6 Å². The zero-order valence-electron chi connectivity index (χ0n) is 20.3. The van der Waals surface area contributed by atoms with Gasteiger partial charge in [-0.25, -0.2) is 0 Å². The Balaban J connectivity index is 1.80. The van der Waals surface area contributed by atoms with Crippen molar-refractivity contribution in [1.29, 1.82) is 5.26 Å². The molecule has 0 aliphatic rings. The lowest BCUT2D eigenvalue weighted by Gasteiger charge is -2.14. The number of benzene rings is 3. The van der Waals surface area contributed by atoms with E-state index in [4.69, 9.17) is 35.3 Å². The Morgan fingerprint density at radius 1 is 0.889 bits per heavy atom. The van der Waals surface area contributed by atoms with Crippen molar-refractivity contribution < 1.29 is 28.5 Å². The number of ether oxygens (including phenoxy) is 5. The largest absolute Gasteiger partial charge is 0.497 e. The van der Waals surface area contributed by atoms with Gasteiger partial charge in [-0.1, -0.05) is 17.7 Å². The standard InChI is InChI=1S/C27H25ClN2O6/c1-32-21-7-10-23(33-2)19(13-21)16-36-25-8-5-17(12-26(25)35-4)11-18(15-29)27(31)30-22-14-20(28)6-9-24(22)34-3/h5-14H,16H2,1-4H3,(H,30,31)/b18-11+. The Labute approximate surface area is 214 Å². The average Bonchev–Trinajstić information content (AvgIpc) is 2.90. The molecule has 0 atom stereocenters. The molecular formula is C27H25ClN2O6. The van der Waals surface area contributed by atoms with E-state index in [1.54, 1.807) is 62.8 Å². The summed E-state index contributed by atoms with van der Waals surface area (Å²) in [6, 6.07) is 17.2. The number of rotatable bonds is 10. The molecule has 0 saturated heterocycles. The Hall–Kier alpha value is -4.35. The number of carbonyl (C=O) groups excluding carboxylic acids is 1. The number of hydrogen-bond acceptors (Lipinski definition) is 7. The zero-order chi connectivity index (χ0) is 26.1. The van der Waals surface area contributed by atoms with Crippen LogP contribution in [0.5, 0.6) is 28.7 Å². The van der Waals surface area contributed by atoms with Gasteiger partial charge in [0.15, 0.2) is 11.5 Å². The topological polar surface area (TPSA) is 99.0 Å². The van der Waals surface area contributed by atoms with E-state index in [0.29, 0.717) is 45.0 Å². The van der Waals surface area contributed by atoms with Crippen molar-refractivity contribution in [3.05, 3.63) is 76.3 Å². The molecule has 0 heterocycles. The maximum atomic E-state index is 12.7. The van der Waals surface area contributed by atoms with Gasteiger partial charge < -0.3 is 29.0 Å². The van der Waals surface area contributed by atoms with E-state index in [2.05, 4.69) is 5.32 Å². The summed E-state index contributed by atoms with van der Waals surface area (Å²) < 4.78 is 27.3. The van der Waals surface area contributed by atoms with Gasteiger partial charge in [0.2, 0.25) is 0 Å². The van der Waals surface area contributed by atoms with E-state index in [9.17, 15) is 10.1 Å². The van der Waals surface area contributed by atoms with E-state index in [0.717, 1.165) is 5.56 Å². The van der Waals surface area contributed by atoms with E-state index in [-0.39, 0.29) is 12.2 Å². The summed E-state index contributed by atoms with van der Waals surface area (Å²) in [4.78, 5) is 12.7. The van der Waals surface area contributed by atoms with Crippen molar-refractivity contribution >= 4 is 29.3 Å². The Morgan fingerprint density at radius 2 is 1.58 bits per heavy atom. The Morgan fingerprint density at radius 3 is 2.25 bits per heavy atom. The fraction of sp³-hybridized carbons (Fsp3) is 0.185. The molecule has 3 rings (SSSR count). The molecule has 0 aliphatic heterocycles. The molecule has 0 saturated carbocycles. The van der Waals surface area contributed by atoms with Crippen LogP contribution in [0.1, 0.15) is 11.1 Å². The van der Waals surface area contributed by atoms with Gasteiger partial charge in [-0.05, 0) is 60.2 Å². The zero-order valence-corrected chi connectivity index (χ0v) is 21.0. The van der Waals surface area contributed by atoms with Crippen LogP contribution in [-0.2, 0) is 11.4 Å². The number of nitrogens with zero attached hydrogens (tertiary/aromatic N) is 1. The van der Waals surface area contributed by atoms with Crippen LogP contribution in [0.3, 0.4) is 0 Å². The van der Waals surface area contributed by atoms with Crippen LogP contribution < -0.4 is 29.0 Å². The number of hydrogen-bond donors (Lipinski definition) is 1. The predicted molar refractivity (Wildman–Crippen MR) is 137 cm³/mol. The number of methoxy groups -OCH3 is 4. The molecule has 0 unspecified atom stereocenters. The lowest BCUT2D eigenvalue weighted by Crippen LogP contribution is -2.14. The van der Waals surface area contributed by atoms with Crippen LogP contribution in [0.25, 0.3) is 6.08 Å². The maximum Gasteiger partial charge on any atom is 0.266 e. The molecule has 1 N–H and O–H groups in total. The summed E-state index contributed by atoms with van der Waals surface area (Å²) in [6.45, 7) is 0.208. The molecular weight excluding hydrogens is 484 g/mol. The second kappa shape index (κ2) is 12.4. The van der Waals surface area contributed by atoms with Gasteiger partial charge in [-0.3, -0.25) is 4.79 Å². The molecule has 0 aromatic heterocycles. The number of nitrogens with one attached hydrogen (secondary N) is 1. The van der Waals surface area contributed by atoms with Crippen molar-refractivity contribution in [3.8, 4) is 34.8 Å². The summed E-state index contributed by atoms with van der Waals surface area (Å²) in [5, 5.41) is 12.7. The Kier molecular flexibility index (Phi) is 9.03. The van der Waals surface area contributed by atoms with Crippen LogP contribution in [0.15, 0.2) is 60.2 Å². The van der Waals surface area contributed by atoms with Crippen molar-refractivity contribution in [2.24, 2.45) is 0 Å². The first-order valence-corrected chi connectivity index (χ1v) is 11.1. The first kappa shape index (κ1) is 26.3. The fourth-order valence-corrected chi connectivity index (χ4v) is 3.50. The summed E-state index contributed by atoms with van der Waals surface area (Å²) in [7, 11) is 6.15. The van der Waals surface area contributed by atoms with E-state index < -0.39 is 5.91 Å². The van der Waals surface area contributed by atoms with Gasteiger partial charge in [0.05, 0.1) is 34.1 Å². The molecule has 0 spiro atoms. The molecule has 9 heteroatoms. The molecule has 0 fully saturated rings. The minimum Gasteiger partial charge on any atom is -0.497 e. The van der Waals surface area contributed by atoms with Crippen LogP contribution in [0.2, 0.25) is 5.02 Å². The fourth-order valence-electron chi connectivity index (χ4n) is 3.33. The third-order valence-corrected chi connectivity index (χ3v) is 5.38. The lowest BCUT2D eigenvalue weighted by atomic mass is 10.1. The quantitative estimate of drug-likeness (QED) is 0.285. The molecule has 0 aliphatic carbocycles. The average molecular weight is 509 g/mol. The highest BCUT2D eigenvalue weighted by Gasteiger charge is 2.14. The first-order chi connectivity index (χ1) is 17.4. The highest BCUT2D eigenvalue weighted by Crippen LogP contribution is 2.32. The minimum absolute atomic E-state index is 0.117. The SMILES string of the molecule is COc1ccc(OC)c(COc2ccc(/C=C(\C#N)C(=O)Nc3cc(Cl)ccc3OC)cc2OC)c1. The second-order valence-electron chi connectivity index (χ2n) is 7.35. The molecule has 0 radical (unpaired) electrons. The van der Waals surface area contributed by atoms with Gasteiger partial charge in [-0.15, -0.1) is 0 Å². The van der Waals surface area contributed by atoms with Crippen molar-refractivity contribution in [3.63, 3.8) is 0 Å². The number of carbonyl (C=O) groups is 1. The molecule has 186 valence electrons. The molecule has 0 bridgehead atoms. The normalized spacial score (nSPS) is 10.7. The van der Waals surface area contributed by atoms with Gasteiger partial charge in [-0.2, -0.15) is 5.26 Å². The molecule has 3 aromatic rings. The highest BCUT2D eigenvalue weighted by atomic mass is 35.5. The van der Waals surface area contributed by atoms with E-state index >= 15 is 0 Å². The lowest BCUT2D eigenvalue weighted by molar-refractivity contribution is -0.112. The van der Waals surface area contributed by atoms with Crippen LogP contribution >= 0.6 is 11.6 Å². The summed E-state index contributed by atoms with van der Waals surface area (Å²) in [5.41, 5.74) is 1.60. The van der Waals surface area contributed by atoms with Crippen LogP contribution in [-0.4, -0.2) is 34.3 Å². The molecule has 36 heavy (non-hydrogen) atoms. The number of nitriles is 1.